The molecule has 0 atom stereocenters. The van der Waals surface area contributed by atoms with Gasteiger partial charge in [0.15, 0.2) is 0 Å². The van der Waals surface area contributed by atoms with Gasteiger partial charge < -0.3 is 5.32 Å². The average Bonchev–Trinajstić information content (AvgIpc) is 2.16. The van der Waals surface area contributed by atoms with Gasteiger partial charge in [0.1, 0.15) is 0 Å². The van der Waals surface area contributed by atoms with Crippen molar-refractivity contribution in [1.82, 2.24) is 5.32 Å². The summed E-state index contributed by atoms with van der Waals surface area (Å²) >= 11 is 0. The molecular formula is C13H27N. The summed E-state index contributed by atoms with van der Waals surface area (Å²) in [5, 5.41) is 3.44. The molecule has 1 nitrogen and oxygen atoms in total. The fraction of sp³-hybridized carbons (Fsp3) is 0.846. The van der Waals surface area contributed by atoms with Gasteiger partial charge in [-0.2, -0.15) is 0 Å². The van der Waals surface area contributed by atoms with Gasteiger partial charge in [-0.25, -0.2) is 0 Å². The minimum absolute atomic E-state index is 0.762. The maximum atomic E-state index is 3.44. The zero-order chi connectivity index (χ0) is 10.8. The lowest BCUT2D eigenvalue weighted by molar-refractivity contribution is 0.555. The lowest BCUT2D eigenvalue weighted by Crippen LogP contribution is -2.20. The molecule has 0 spiro atoms. The molecule has 84 valence electrons. The quantitative estimate of drug-likeness (QED) is 0.463. The highest BCUT2D eigenvalue weighted by Gasteiger charge is 1.95. The normalized spacial score (nSPS) is 12.1. The van der Waals surface area contributed by atoms with Crippen molar-refractivity contribution in [2.24, 2.45) is 11.8 Å². The van der Waals surface area contributed by atoms with Gasteiger partial charge in [0.25, 0.3) is 0 Å². The summed E-state index contributed by atoms with van der Waals surface area (Å²) in [7, 11) is 0. The Balaban J connectivity index is 3.34. The van der Waals surface area contributed by atoms with Crippen LogP contribution in [-0.2, 0) is 0 Å². The van der Waals surface area contributed by atoms with Crippen LogP contribution in [0, 0.1) is 11.8 Å². The summed E-state index contributed by atoms with van der Waals surface area (Å²) in [5.74, 6) is 1.55. The Labute approximate surface area is 90.0 Å². The molecule has 0 aromatic carbocycles. The van der Waals surface area contributed by atoms with Crippen LogP contribution in [0.2, 0.25) is 0 Å². The summed E-state index contributed by atoms with van der Waals surface area (Å²) < 4.78 is 0. The van der Waals surface area contributed by atoms with E-state index in [9.17, 15) is 0 Å². The molecule has 0 aliphatic heterocycles. The molecule has 0 radical (unpaired) electrons. The molecule has 1 heteroatoms. The van der Waals surface area contributed by atoms with E-state index in [-0.39, 0.29) is 0 Å². The minimum Gasteiger partial charge on any atom is -0.316 e. The first kappa shape index (κ1) is 13.7. The third kappa shape index (κ3) is 8.31. The highest BCUT2D eigenvalue weighted by Crippen LogP contribution is 2.08. The van der Waals surface area contributed by atoms with Crippen molar-refractivity contribution in [2.75, 3.05) is 13.1 Å². The third-order valence-electron chi connectivity index (χ3n) is 2.50. The maximum absolute atomic E-state index is 3.44. The number of hydrogen-bond acceptors (Lipinski definition) is 1. The van der Waals surface area contributed by atoms with Crippen molar-refractivity contribution >= 4 is 0 Å². The first-order valence-corrected chi connectivity index (χ1v) is 6.08. The van der Waals surface area contributed by atoms with E-state index in [0.29, 0.717) is 0 Å². The van der Waals surface area contributed by atoms with E-state index >= 15 is 0 Å². The SMILES string of the molecule is CCC(C=CCCNCC(C)C)CC. The largest absolute Gasteiger partial charge is 0.316 e. The molecule has 0 bridgehead atoms. The number of rotatable bonds is 8. The molecule has 0 unspecified atom stereocenters. The Morgan fingerprint density at radius 1 is 1.14 bits per heavy atom. The fourth-order valence-electron chi connectivity index (χ4n) is 1.43. The lowest BCUT2D eigenvalue weighted by Gasteiger charge is -2.06. The molecule has 0 aromatic rings. The van der Waals surface area contributed by atoms with Crippen LogP contribution in [0.15, 0.2) is 12.2 Å². The Hall–Kier alpha value is -0.300. The van der Waals surface area contributed by atoms with Crippen LogP contribution in [0.25, 0.3) is 0 Å². The topological polar surface area (TPSA) is 12.0 Å². The Bertz CT molecular complexity index is 134. The predicted molar refractivity (Wildman–Crippen MR) is 65.5 cm³/mol. The first-order valence-electron chi connectivity index (χ1n) is 6.08. The van der Waals surface area contributed by atoms with Crippen molar-refractivity contribution in [1.29, 1.82) is 0 Å². The van der Waals surface area contributed by atoms with Gasteiger partial charge in [-0.1, -0.05) is 39.8 Å². The molecular weight excluding hydrogens is 170 g/mol. The molecule has 0 amide bonds. The first-order chi connectivity index (χ1) is 6.70. The van der Waals surface area contributed by atoms with Crippen LogP contribution in [-0.4, -0.2) is 13.1 Å². The monoisotopic (exact) mass is 197 g/mol. The molecule has 0 aliphatic rings. The summed E-state index contributed by atoms with van der Waals surface area (Å²) in [6, 6.07) is 0. The van der Waals surface area contributed by atoms with Crippen LogP contribution in [0.1, 0.15) is 47.0 Å². The highest BCUT2D eigenvalue weighted by molar-refractivity contribution is 4.87. The zero-order valence-electron chi connectivity index (χ0n) is 10.3. The smallest absolute Gasteiger partial charge is 0.00142 e. The molecule has 0 aromatic heterocycles. The van der Waals surface area contributed by atoms with E-state index in [1.165, 1.54) is 19.3 Å². The fourth-order valence-corrected chi connectivity index (χ4v) is 1.43. The van der Waals surface area contributed by atoms with Crippen molar-refractivity contribution in [2.45, 2.75) is 47.0 Å². The second-order valence-corrected chi connectivity index (χ2v) is 4.39. The van der Waals surface area contributed by atoms with E-state index < -0.39 is 0 Å². The summed E-state index contributed by atoms with van der Waals surface area (Å²) in [5.41, 5.74) is 0. The average molecular weight is 197 g/mol. The second kappa shape index (κ2) is 9.26. The summed E-state index contributed by atoms with van der Waals surface area (Å²) in [4.78, 5) is 0. The van der Waals surface area contributed by atoms with E-state index in [1.54, 1.807) is 0 Å². The minimum atomic E-state index is 0.762. The van der Waals surface area contributed by atoms with Gasteiger partial charge in [-0.05, 0) is 44.2 Å². The van der Waals surface area contributed by atoms with Crippen LogP contribution >= 0.6 is 0 Å². The zero-order valence-corrected chi connectivity index (χ0v) is 10.3. The van der Waals surface area contributed by atoms with Gasteiger partial charge in [-0.15, -0.1) is 0 Å². The number of hydrogen-bond donors (Lipinski definition) is 1. The number of nitrogens with one attached hydrogen (secondary N) is 1. The van der Waals surface area contributed by atoms with E-state index in [2.05, 4.69) is 45.2 Å². The van der Waals surface area contributed by atoms with Crippen molar-refractivity contribution in [3.63, 3.8) is 0 Å². The number of allylic oxidation sites excluding steroid dienone is 1. The molecule has 0 aliphatic carbocycles. The van der Waals surface area contributed by atoms with Crippen LogP contribution < -0.4 is 5.32 Å². The molecule has 0 fully saturated rings. The molecule has 14 heavy (non-hydrogen) atoms. The molecule has 1 N–H and O–H groups in total. The van der Waals surface area contributed by atoms with E-state index in [4.69, 9.17) is 0 Å². The summed E-state index contributed by atoms with van der Waals surface area (Å²) in [6.45, 7) is 11.3. The van der Waals surface area contributed by atoms with Crippen LogP contribution in [0.3, 0.4) is 0 Å². The molecule has 0 saturated carbocycles. The van der Waals surface area contributed by atoms with Gasteiger partial charge in [0.05, 0.1) is 0 Å². The van der Waals surface area contributed by atoms with Gasteiger partial charge in [-0.3, -0.25) is 0 Å². The maximum Gasteiger partial charge on any atom is -0.00142 e. The lowest BCUT2D eigenvalue weighted by atomic mass is 10.0. The Morgan fingerprint density at radius 3 is 2.29 bits per heavy atom. The molecule has 0 rings (SSSR count). The van der Waals surface area contributed by atoms with E-state index in [0.717, 1.165) is 24.9 Å². The molecule has 0 heterocycles. The second-order valence-electron chi connectivity index (χ2n) is 4.39. The predicted octanol–water partition coefficient (Wildman–Crippen LogP) is 3.61. The van der Waals surface area contributed by atoms with Crippen molar-refractivity contribution in [3.05, 3.63) is 12.2 Å². The Morgan fingerprint density at radius 2 is 1.79 bits per heavy atom. The molecule has 0 saturated heterocycles. The van der Waals surface area contributed by atoms with Crippen molar-refractivity contribution < 1.29 is 0 Å². The standard InChI is InChI=1S/C13H27N/c1-5-13(6-2)9-7-8-10-14-11-12(3)4/h7,9,12-14H,5-6,8,10-11H2,1-4H3. The van der Waals surface area contributed by atoms with Gasteiger partial charge in [0, 0.05) is 0 Å². The van der Waals surface area contributed by atoms with E-state index in [1.807, 2.05) is 0 Å². The van der Waals surface area contributed by atoms with Crippen molar-refractivity contribution in [3.8, 4) is 0 Å². The van der Waals surface area contributed by atoms with Gasteiger partial charge >= 0.3 is 0 Å². The summed E-state index contributed by atoms with van der Waals surface area (Å²) in [6.07, 6.45) is 8.41. The highest BCUT2D eigenvalue weighted by atomic mass is 14.8. The van der Waals surface area contributed by atoms with Crippen LogP contribution in [0.5, 0.6) is 0 Å². The Kier molecular flexibility index (Phi) is 9.06. The van der Waals surface area contributed by atoms with Crippen LogP contribution in [0.4, 0.5) is 0 Å². The van der Waals surface area contributed by atoms with Gasteiger partial charge in [0.2, 0.25) is 0 Å². The third-order valence-corrected chi connectivity index (χ3v) is 2.50.